The Morgan fingerprint density at radius 2 is 2.03 bits per heavy atom. The molecule has 32 heavy (non-hydrogen) atoms. The zero-order valence-corrected chi connectivity index (χ0v) is 18.1. The molecule has 0 aliphatic heterocycles. The van der Waals surface area contributed by atoms with Crippen molar-refractivity contribution in [1.29, 1.82) is 0 Å². The summed E-state index contributed by atoms with van der Waals surface area (Å²) in [7, 11) is 0. The minimum atomic E-state index is 0.249. The van der Waals surface area contributed by atoms with Gasteiger partial charge in [0.05, 0.1) is 31.2 Å². The molecule has 166 valence electrons. The maximum atomic E-state index is 6.02. The molecule has 0 saturated heterocycles. The highest BCUT2D eigenvalue weighted by Gasteiger charge is 2.22. The number of aromatic nitrogens is 7. The van der Waals surface area contributed by atoms with E-state index >= 15 is 0 Å². The fourth-order valence-electron chi connectivity index (χ4n) is 4.03. The average molecular weight is 434 g/mol. The Labute approximate surface area is 185 Å². The van der Waals surface area contributed by atoms with E-state index in [4.69, 9.17) is 10.5 Å². The van der Waals surface area contributed by atoms with Crippen LogP contribution < -0.4 is 11.1 Å². The van der Waals surface area contributed by atoms with Crippen molar-refractivity contribution in [3.05, 3.63) is 42.9 Å². The van der Waals surface area contributed by atoms with Gasteiger partial charge in [0, 0.05) is 30.5 Å². The van der Waals surface area contributed by atoms with Crippen LogP contribution in [0.3, 0.4) is 0 Å². The molecule has 2 unspecified atom stereocenters. The number of hydrogen-bond donors (Lipinski definition) is 2. The molecule has 1 aliphatic carbocycles. The number of fused-ring (bicyclic) bond motifs is 1. The summed E-state index contributed by atoms with van der Waals surface area (Å²) in [6.45, 7) is 4.09. The normalized spacial score (nSPS) is 18.4. The fourth-order valence-corrected chi connectivity index (χ4v) is 4.03. The molecule has 2 atom stereocenters. The van der Waals surface area contributed by atoms with E-state index in [-0.39, 0.29) is 6.04 Å². The first-order valence-electron chi connectivity index (χ1n) is 11.0. The summed E-state index contributed by atoms with van der Waals surface area (Å²) in [5, 5.41) is 16.3. The third kappa shape index (κ3) is 4.32. The van der Waals surface area contributed by atoms with E-state index in [1.807, 2.05) is 48.3 Å². The molecule has 3 aromatic heterocycles. The largest absolute Gasteiger partial charge is 0.380 e. The van der Waals surface area contributed by atoms with Gasteiger partial charge in [-0.3, -0.25) is 4.68 Å². The molecule has 0 spiro atoms. The van der Waals surface area contributed by atoms with Crippen LogP contribution in [0, 0.1) is 0 Å². The molecule has 0 amide bonds. The number of ether oxygens (including phenoxy) is 1. The van der Waals surface area contributed by atoms with Crippen molar-refractivity contribution in [3.63, 3.8) is 0 Å². The third-order valence-electron chi connectivity index (χ3n) is 5.75. The molecule has 1 fully saturated rings. The molecule has 10 heteroatoms. The quantitative estimate of drug-likeness (QED) is 0.406. The third-order valence-corrected chi connectivity index (χ3v) is 5.75. The van der Waals surface area contributed by atoms with E-state index in [9.17, 15) is 0 Å². The van der Waals surface area contributed by atoms with Crippen molar-refractivity contribution >= 4 is 17.1 Å². The summed E-state index contributed by atoms with van der Waals surface area (Å²) in [5.74, 6) is 0.580. The minimum absolute atomic E-state index is 0.249. The highest BCUT2D eigenvalue weighted by atomic mass is 16.5. The summed E-state index contributed by atoms with van der Waals surface area (Å²) in [6.07, 6.45) is 8.59. The highest BCUT2D eigenvalue weighted by molar-refractivity contribution is 5.72. The van der Waals surface area contributed by atoms with Gasteiger partial charge >= 0.3 is 0 Å². The van der Waals surface area contributed by atoms with Gasteiger partial charge < -0.3 is 15.8 Å². The average Bonchev–Trinajstić information content (AvgIpc) is 3.54. The zero-order valence-electron chi connectivity index (χ0n) is 18.1. The molecule has 1 aromatic carbocycles. The van der Waals surface area contributed by atoms with Gasteiger partial charge in [-0.1, -0.05) is 17.3 Å². The molecule has 4 aromatic rings. The van der Waals surface area contributed by atoms with Gasteiger partial charge in [-0.25, -0.2) is 4.98 Å². The summed E-state index contributed by atoms with van der Waals surface area (Å²) < 4.78 is 9.03. The van der Waals surface area contributed by atoms with Crippen LogP contribution in [0.1, 0.15) is 26.2 Å². The second kappa shape index (κ2) is 9.01. The molecule has 5 rings (SSSR count). The molecule has 3 N–H and O–H groups in total. The van der Waals surface area contributed by atoms with Gasteiger partial charge in [0.1, 0.15) is 0 Å². The lowest BCUT2D eigenvalue weighted by atomic mass is 10.1. The lowest BCUT2D eigenvalue weighted by Gasteiger charge is -2.12. The van der Waals surface area contributed by atoms with Crippen LogP contribution in [0.4, 0.5) is 5.95 Å². The molecule has 1 saturated carbocycles. The standard InChI is InChI=1S/C22H27N9O/c1-2-32-10-9-30-14-16(12-25-30)15-3-7-19(8-4-15)31-21-20(28-29-31)13-24-22(27-21)26-18-6-5-17(23)11-18/h3-4,7-8,12-14,17-18H,2,5-6,9-11,23H2,1H3,(H,24,26,27). The van der Waals surface area contributed by atoms with Crippen molar-refractivity contribution in [1.82, 2.24) is 34.7 Å². The predicted octanol–water partition coefficient (Wildman–Crippen LogP) is 2.40. The monoisotopic (exact) mass is 433 g/mol. The maximum absolute atomic E-state index is 6.02. The molecular weight excluding hydrogens is 406 g/mol. The predicted molar refractivity (Wildman–Crippen MR) is 121 cm³/mol. The number of nitrogens with one attached hydrogen (secondary N) is 1. The summed E-state index contributed by atoms with van der Waals surface area (Å²) in [6, 6.07) is 8.66. The van der Waals surface area contributed by atoms with Crippen molar-refractivity contribution in [2.24, 2.45) is 5.73 Å². The van der Waals surface area contributed by atoms with E-state index in [0.717, 1.165) is 42.6 Å². The van der Waals surface area contributed by atoms with Gasteiger partial charge in [0.15, 0.2) is 11.2 Å². The molecule has 3 heterocycles. The Balaban J connectivity index is 1.34. The minimum Gasteiger partial charge on any atom is -0.380 e. The number of hydrogen-bond acceptors (Lipinski definition) is 8. The number of nitrogens with two attached hydrogens (primary N) is 1. The van der Waals surface area contributed by atoms with E-state index in [1.54, 1.807) is 10.9 Å². The fraction of sp³-hybridized carbons (Fsp3) is 0.409. The summed E-state index contributed by atoms with van der Waals surface area (Å²) in [5.41, 5.74) is 10.4. The smallest absolute Gasteiger partial charge is 0.225 e. The number of nitrogens with zero attached hydrogens (tertiary/aromatic N) is 7. The maximum Gasteiger partial charge on any atom is 0.225 e. The Morgan fingerprint density at radius 3 is 2.81 bits per heavy atom. The molecule has 1 aliphatic rings. The summed E-state index contributed by atoms with van der Waals surface area (Å²) >= 11 is 0. The van der Waals surface area contributed by atoms with Gasteiger partial charge in [0.25, 0.3) is 0 Å². The Morgan fingerprint density at radius 1 is 1.16 bits per heavy atom. The lowest BCUT2D eigenvalue weighted by Crippen LogP contribution is -2.21. The topological polar surface area (TPSA) is 122 Å². The molecule has 0 bridgehead atoms. The van der Waals surface area contributed by atoms with Crippen LogP contribution in [0.5, 0.6) is 0 Å². The lowest BCUT2D eigenvalue weighted by molar-refractivity contribution is 0.136. The van der Waals surface area contributed by atoms with Crippen LogP contribution >= 0.6 is 0 Å². The van der Waals surface area contributed by atoms with E-state index in [1.165, 1.54) is 0 Å². The van der Waals surface area contributed by atoms with Crippen molar-refractivity contribution in [3.8, 4) is 16.8 Å². The van der Waals surface area contributed by atoms with Crippen LogP contribution in [-0.2, 0) is 11.3 Å². The van der Waals surface area contributed by atoms with Crippen molar-refractivity contribution in [2.75, 3.05) is 18.5 Å². The van der Waals surface area contributed by atoms with E-state index < -0.39 is 0 Å². The first-order valence-corrected chi connectivity index (χ1v) is 11.0. The van der Waals surface area contributed by atoms with Crippen LogP contribution in [-0.4, -0.2) is 60.0 Å². The van der Waals surface area contributed by atoms with Gasteiger partial charge in [-0.15, -0.1) is 5.10 Å². The van der Waals surface area contributed by atoms with Crippen molar-refractivity contribution < 1.29 is 4.74 Å². The van der Waals surface area contributed by atoms with E-state index in [0.29, 0.717) is 36.4 Å². The van der Waals surface area contributed by atoms with Gasteiger partial charge in [-0.05, 0) is 43.9 Å². The number of anilines is 1. The van der Waals surface area contributed by atoms with Gasteiger partial charge in [-0.2, -0.15) is 14.8 Å². The van der Waals surface area contributed by atoms with E-state index in [2.05, 4.69) is 30.7 Å². The number of benzene rings is 1. The van der Waals surface area contributed by atoms with Crippen LogP contribution in [0.2, 0.25) is 0 Å². The highest BCUT2D eigenvalue weighted by Crippen LogP contribution is 2.23. The van der Waals surface area contributed by atoms with Crippen LogP contribution in [0.25, 0.3) is 28.0 Å². The first-order chi connectivity index (χ1) is 15.7. The second-order valence-corrected chi connectivity index (χ2v) is 8.05. The molecule has 10 nitrogen and oxygen atoms in total. The second-order valence-electron chi connectivity index (χ2n) is 8.05. The Bertz CT molecular complexity index is 1180. The SMILES string of the molecule is CCOCCn1cc(-c2ccc(-n3nnc4cnc(NC5CCC(N)C5)nc43)cc2)cn1. The zero-order chi connectivity index (χ0) is 21.9. The number of rotatable bonds is 8. The van der Waals surface area contributed by atoms with Crippen LogP contribution in [0.15, 0.2) is 42.9 Å². The Hall–Kier alpha value is -3.37. The first kappa shape index (κ1) is 20.5. The van der Waals surface area contributed by atoms with Crippen molar-refractivity contribution in [2.45, 2.75) is 44.8 Å². The Kier molecular flexibility index (Phi) is 5.78. The summed E-state index contributed by atoms with van der Waals surface area (Å²) in [4.78, 5) is 9.06. The van der Waals surface area contributed by atoms with Gasteiger partial charge in [0.2, 0.25) is 5.95 Å². The molecule has 0 radical (unpaired) electrons. The molecular formula is C22H27N9O.